The molecule has 22 heavy (non-hydrogen) atoms. The van der Waals surface area contributed by atoms with Crippen LogP contribution in [0.15, 0.2) is 0 Å². The molecule has 0 heterocycles. The molecule has 0 saturated heterocycles. The van der Waals surface area contributed by atoms with Gasteiger partial charge in [0.1, 0.15) is 5.78 Å². The molecule has 0 bridgehead atoms. The number of carbonyl (C=O) groups excluding carboxylic acids is 1. The second-order valence-corrected chi connectivity index (χ2v) is 6.81. The van der Waals surface area contributed by atoms with Gasteiger partial charge >= 0.3 is 0 Å². The summed E-state index contributed by atoms with van der Waals surface area (Å²) in [4.78, 5) is 11.6. The summed E-state index contributed by atoms with van der Waals surface area (Å²) in [6.07, 6.45) is 23.8. The summed E-state index contributed by atoms with van der Waals surface area (Å²) in [7, 11) is 0. The third kappa shape index (κ3) is 17.7. The number of unbranched alkanes of at least 4 members (excludes halogenated alkanes) is 14. The van der Waals surface area contributed by atoms with Gasteiger partial charge in [-0.15, -0.1) is 0 Å². The van der Waals surface area contributed by atoms with Crippen molar-refractivity contribution in [3.63, 3.8) is 0 Å². The molecule has 0 rings (SSSR count). The minimum absolute atomic E-state index is 0.372. The van der Waals surface area contributed by atoms with Gasteiger partial charge in [-0.2, -0.15) is 0 Å². The van der Waals surface area contributed by atoms with Gasteiger partial charge in [-0.05, 0) is 12.8 Å². The molecule has 0 aromatic carbocycles. The van der Waals surface area contributed by atoms with E-state index in [-0.39, 0.29) is 0 Å². The lowest BCUT2D eigenvalue weighted by Crippen LogP contribution is -1.98. The quantitative estimate of drug-likeness (QED) is 0.240. The topological polar surface area (TPSA) is 17.1 Å². The van der Waals surface area contributed by atoms with Crippen LogP contribution in [-0.2, 0) is 4.79 Å². The molecule has 1 radical (unpaired) electrons. The van der Waals surface area contributed by atoms with Gasteiger partial charge in [0.2, 0.25) is 0 Å². The molecule has 131 valence electrons. The van der Waals surface area contributed by atoms with Crippen molar-refractivity contribution >= 4 is 5.78 Å². The van der Waals surface area contributed by atoms with Crippen LogP contribution in [0.1, 0.15) is 123 Å². The molecular formula is C21H41O. The van der Waals surface area contributed by atoms with Crippen molar-refractivity contribution in [2.24, 2.45) is 0 Å². The Morgan fingerprint density at radius 2 is 1.00 bits per heavy atom. The van der Waals surface area contributed by atoms with Gasteiger partial charge in [0, 0.05) is 12.8 Å². The Morgan fingerprint density at radius 1 is 0.591 bits per heavy atom. The van der Waals surface area contributed by atoms with Crippen molar-refractivity contribution in [3.8, 4) is 0 Å². The molecular weight excluding hydrogens is 268 g/mol. The van der Waals surface area contributed by atoms with E-state index in [9.17, 15) is 4.79 Å². The number of rotatable bonds is 18. The Morgan fingerprint density at radius 3 is 1.45 bits per heavy atom. The van der Waals surface area contributed by atoms with Crippen molar-refractivity contribution in [1.82, 2.24) is 0 Å². The molecule has 1 nitrogen and oxygen atoms in total. The Bertz CT molecular complexity index is 222. The summed E-state index contributed by atoms with van der Waals surface area (Å²) >= 11 is 0. The number of carbonyl (C=O) groups is 1. The first-order valence-electron chi connectivity index (χ1n) is 10.2. The molecule has 0 aromatic rings. The summed E-state index contributed by atoms with van der Waals surface area (Å²) in [6, 6.07) is 0. The van der Waals surface area contributed by atoms with Crippen LogP contribution in [0.25, 0.3) is 0 Å². The molecule has 0 unspecified atom stereocenters. The van der Waals surface area contributed by atoms with Gasteiger partial charge in [0.05, 0.1) is 0 Å². The normalized spacial score (nSPS) is 11.0. The average molecular weight is 310 g/mol. The monoisotopic (exact) mass is 309 g/mol. The Hall–Kier alpha value is -0.330. The van der Waals surface area contributed by atoms with Crippen LogP contribution >= 0.6 is 0 Å². The zero-order valence-electron chi connectivity index (χ0n) is 15.5. The second kappa shape index (κ2) is 18.7. The van der Waals surface area contributed by atoms with Gasteiger partial charge in [0.25, 0.3) is 0 Å². The minimum Gasteiger partial charge on any atom is -0.299 e. The maximum Gasteiger partial charge on any atom is 0.136 e. The number of ketones is 1. The van der Waals surface area contributed by atoms with Crippen molar-refractivity contribution < 1.29 is 4.79 Å². The van der Waals surface area contributed by atoms with Crippen molar-refractivity contribution in [2.45, 2.75) is 123 Å². The van der Waals surface area contributed by atoms with Gasteiger partial charge in [0.15, 0.2) is 0 Å². The maximum atomic E-state index is 11.6. The third-order valence-electron chi connectivity index (χ3n) is 4.46. The molecule has 0 atom stereocenters. The molecule has 0 aliphatic rings. The van der Waals surface area contributed by atoms with Crippen LogP contribution in [-0.4, -0.2) is 5.78 Å². The number of Topliss-reactive ketones (excluding diaryl/α,β-unsaturated/α-hetero) is 1. The van der Waals surface area contributed by atoms with Crippen LogP contribution in [0.5, 0.6) is 0 Å². The van der Waals surface area contributed by atoms with Crippen LogP contribution < -0.4 is 0 Å². The fourth-order valence-corrected chi connectivity index (χ4v) is 2.89. The van der Waals surface area contributed by atoms with E-state index in [0.29, 0.717) is 5.78 Å². The van der Waals surface area contributed by atoms with E-state index in [0.717, 1.165) is 25.7 Å². The lowest BCUT2D eigenvalue weighted by Gasteiger charge is -2.03. The van der Waals surface area contributed by atoms with Gasteiger partial charge in [-0.25, -0.2) is 0 Å². The highest BCUT2D eigenvalue weighted by atomic mass is 16.1. The Balaban J connectivity index is 3.06. The molecule has 0 aromatic heterocycles. The fraction of sp³-hybridized carbons (Fsp3) is 0.905. The molecule has 0 amide bonds. The van der Waals surface area contributed by atoms with E-state index in [1.54, 1.807) is 0 Å². The Labute approximate surface area is 140 Å². The zero-order valence-corrected chi connectivity index (χ0v) is 15.5. The molecule has 0 aliphatic carbocycles. The highest BCUT2D eigenvalue weighted by molar-refractivity contribution is 5.86. The largest absolute Gasteiger partial charge is 0.299 e. The summed E-state index contributed by atoms with van der Waals surface area (Å²) in [5, 5.41) is 0. The summed E-state index contributed by atoms with van der Waals surface area (Å²) in [5.41, 5.74) is 0. The maximum absolute atomic E-state index is 11.6. The van der Waals surface area contributed by atoms with Gasteiger partial charge < -0.3 is 0 Å². The fourth-order valence-electron chi connectivity index (χ4n) is 2.89. The molecule has 0 aliphatic heterocycles. The lowest BCUT2D eigenvalue weighted by molar-refractivity contribution is -0.116. The minimum atomic E-state index is 0.372. The van der Waals surface area contributed by atoms with Crippen LogP contribution in [0.3, 0.4) is 0 Å². The number of hydrogen-bond acceptors (Lipinski definition) is 1. The standard InChI is InChI=1S/C21H41O/c1-3-5-7-8-9-10-11-12-13-14-15-16-18-20-21(22)19-17-6-4-2/h19H,3-18,20H2,1-2H3. The highest BCUT2D eigenvalue weighted by Crippen LogP contribution is 2.13. The van der Waals surface area contributed by atoms with Gasteiger partial charge in [-0.1, -0.05) is 104 Å². The van der Waals surface area contributed by atoms with E-state index >= 15 is 0 Å². The Kier molecular flexibility index (Phi) is 18.4. The highest BCUT2D eigenvalue weighted by Gasteiger charge is 2.01. The predicted molar refractivity (Wildman–Crippen MR) is 99.1 cm³/mol. The first-order valence-corrected chi connectivity index (χ1v) is 10.2. The predicted octanol–water partition coefficient (Wildman–Crippen LogP) is 7.43. The molecule has 0 saturated carbocycles. The molecule has 0 fully saturated rings. The van der Waals surface area contributed by atoms with E-state index in [2.05, 4.69) is 13.8 Å². The average Bonchev–Trinajstić information content (AvgIpc) is 2.52. The number of hydrogen-bond donors (Lipinski definition) is 0. The first kappa shape index (κ1) is 21.7. The van der Waals surface area contributed by atoms with Crippen molar-refractivity contribution in [3.05, 3.63) is 6.42 Å². The van der Waals surface area contributed by atoms with Gasteiger partial charge in [-0.3, -0.25) is 4.79 Å². The van der Waals surface area contributed by atoms with Crippen LogP contribution in [0.4, 0.5) is 0 Å². The lowest BCUT2D eigenvalue weighted by atomic mass is 10.0. The van der Waals surface area contributed by atoms with Crippen LogP contribution in [0.2, 0.25) is 0 Å². The first-order chi connectivity index (χ1) is 10.8. The third-order valence-corrected chi connectivity index (χ3v) is 4.46. The van der Waals surface area contributed by atoms with E-state index in [1.165, 1.54) is 83.5 Å². The molecule has 1 heteroatoms. The zero-order chi connectivity index (χ0) is 16.3. The van der Waals surface area contributed by atoms with Crippen molar-refractivity contribution in [1.29, 1.82) is 0 Å². The van der Waals surface area contributed by atoms with Crippen LogP contribution in [0, 0.1) is 6.42 Å². The molecule has 0 spiro atoms. The molecule has 0 N–H and O–H groups in total. The van der Waals surface area contributed by atoms with Crippen molar-refractivity contribution in [2.75, 3.05) is 0 Å². The second-order valence-electron chi connectivity index (χ2n) is 6.81. The smallest absolute Gasteiger partial charge is 0.136 e. The van der Waals surface area contributed by atoms with E-state index < -0.39 is 0 Å². The SMILES string of the molecule is CCCC[CH]C(=O)CCCCCCCCCCCCCCC. The summed E-state index contributed by atoms with van der Waals surface area (Å²) < 4.78 is 0. The van der Waals surface area contributed by atoms with E-state index in [4.69, 9.17) is 0 Å². The van der Waals surface area contributed by atoms with E-state index in [1.807, 2.05) is 6.42 Å². The summed E-state index contributed by atoms with van der Waals surface area (Å²) in [6.45, 7) is 4.45. The summed E-state index contributed by atoms with van der Waals surface area (Å²) in [5.74, 6) is 0.372.